The first-order valence-corrected chi connectivity index (χ1v) is 10.6. The van der Waals surface area contributed by atoms with Gasteiger partial charge < -0.3 is 15.2 Å². The van der Waals surface area contributed by atoms with E-state index >= 15 is 0 Å². The average Bonchev–Trinajstić information content (AvgIpc) is 2.70. The highest BCUT2D eigenvalue weighted by molar-refractivity contribution is 5.92. The molecule has 0 radical (unpaired) electrons. The molecule has 0 spiro atoms. The Hall–Kier alpha value is -2.92. The van der Waals surface area contributed by atoms with Crippen molar-refractivity contribution < 1.29 is 14.6 Å². The maximum Gasteiger partial charge on any atom is 0.408 e. The van der Waals surface area contributed by atoms with Gasteiger partial charge in [-0.3, -0.25) is 4.98 Å². The monoisotopic (exact) mass is 420 g/mol. The second-order valence-corrected chi connectivity index (χ2v) is 9.54. The van der Waals surface area contributed by atoms with E-state index in [1.807, 2.05) is 65.9 Å². The fourth-order valence-electron chi connectivity index (χ4n) is 3.76. The Balaban J connectivity index is 1.94. The van der Waals surface area contributed by atoms with Crippen LogP contribution in [0.5, 0.6) is 0 Å². The molecule has 5 heteroatoms. The zero-order chi connectivity index (χ0) is 22.8. The van der Waals surface area contributed by atoms with E-state index in [1.54, 1.807) is 6.20 Å². The van der Waals surface area contributed by atoms with Crippen molar-refractivity contribution in [3.05, 3.63) is 66.0 Å². The van der Waals surface area contributed by atoms with Crippen LogP contribution in [0.3, 0.4) is 0 Å². The van der Waals surface area contributed by atoms with Gasteiger partial charge in [0, 0.05) is 30.3 Å². The Labute approximate surface area is 184 Å². The minimum atomic E-state index is -0.586. The second kappa shape index (κ2) is 8.67. The van der Waals surface area contributed by atoms with Crippen molar-refractivity contribution in [1.29, 1.82) is 0 Å². The number of fused-ring (bicyclic) bond motifs is 1. The molecule has 0 aliphatic rings. The smallest absolute Gasteiger partial charge is 0.408 e. The van der Waals surface area contributed by atoms with E-state index in [2.05, 4.69) is 34.6 Å². The third-order valence-electron chi connectivity index (χ3n) is 5.36. The molecule has 3 rings (SSSR count). The van der Waals surface area contributed by atoms with E-state index in [-0.39, 0.29) is 12.5 Å². The topological polar surface area (TPSA) is 71.5 Å². The number of alkyl carbamates (subject to hydrolysis) is 1. The van der Waals surface area contributed by atoms with Gasteiger partial charge in [0.15, 0.2) is 0 Å². The van der Waals surface area contributed by atoms with Crippen LogP contribution in [0.4, 0.5) is 4.79 Å². The molecule has 2 aromatic carbocycles. The van der Waals surface area contributed by atoms with E-state index in [9.17, 15) is 9.90 Å². The fraction of sp³-hybridized carbons (Fsp3) is 0.385. The normalized spacial score (nSPS) is 13.1. The van der Waals surface area contributed by atoms with E-state index in [0.717, 1.165) is 33.0 Å². The number of carbonyl (C=O) groups is 1. The molecule has 1 atom stereocenters. The van der Waals surface area contributed by atoms with Crippen LogP contribution in [0.2, 0.25) is 0 Å². The number of pyridine rings is 1. The van der Waals surface area contributed by atoms with Crippen molar-refractivity contribution >= 4 is 16.9 Å². The lowest BCUT2D eigenvalue weighted by molar-refractivity contribution is 0.0470. The van der Waals surface area contributed by atoms with Crippen LogP contribution < -0.4 is 5.32 Å². The summed E-state index contributed by atoms with van der Waals surface area (Å²) in [7, 11) is 0. The summed E-state index contributed by atoms with van der Waals surface area (Å²) in [5, 5.41) is 15.0. The molecule has 3 aromatic rings. The molecule has 1 aromatic heterocycles. The second-order valence-electron chi connectivity index (χ2n) is 9.54. The van der Waals surface area contributed by atoms with Crippen molar-refractivity contribution in [2.24, 2.45) is 0 Å². The summed E-state index contributed by atoms with van der Waals surface area (Å²) in [5.74, 6) is -0.00828. The number of carbonyl (C=O) groups excluding carboxylic acids is 1. The molecule has 2 N–H and O–H groups in total. The van der Waals surface area contributed by atoms with E-state index < -0.39 is 17.2 Å². The van der Waals surface area contributed by atoms with Crippen LogP contribution in [0.15, 0.2) is 54.9 Å². The summed E-state index contributed by atoms with van der Waals surface area (Å²) in [6.45, 7) is 11.5. The molecule has 0 saturated carbocycles. The van der Waals surface area contributed by atoms with Crippen molar-refractivity contribution in [3.8, 4) is 11.1 Å². The summed E-state index contributed by atoms with van der Waals surface area (Å²) in [5.41, 5.74) is 3.10. The molecule has 0 saturated heterocycles. The minimum Gasteiger partial charge on any atom is -0.444 e. The van der Waals surface area contributed by atoms with Gasteiger partial charge in [0.1, 0.15) is 5.60 Å². The van der Waals surface area contributed by atoms with Crippen LogP contribution in [0.25, 0.3) is 21.9 Å². The molecule has 31 heavy (non-hydrogen) atoms. The van der Waals surface area contributed by atoms with E-state index in [1.165, 1.54) is 0 Å². The first-order chi connectivity index (χ1) is 14.5. The number of nitrogens with zero attached hydrogens (tertiary/aromatic N) is 1. The molecule has 0 fully saturated rings. The lowest BCUT2D eigenvalue weighted by atomic mass is 9.86. The number of hydrogen-bond acceptors (Lipinski definition) is 4. The van der Waals surface area contributed by atoms with Gasteiger partial charge in [-0.2, -0.15) is 0 Å². The molecule has 1 amide bonds. The summed E-state index contributed by atoms with van der Waals surface area (Å²) < 4.78 is 5.40. The van der Waals surface area contributed by atoms with Crippen LogP contribution >= 0.6 is 0 Å². The van der Waals surface area contributed by atoms with Crippen LogP contribution in [-0.4, -0.2) is 28.4 Å². The van der Waals surface area contributed by atoms with Crippen LogP contribution in [0.1, 0.15) is 58.6 Å². The highest BCUT2D eigenvalue weighted by atomic mass is 16.6. The summed E-state index contributed by atoms with van der Waals surface area (Å²) in [4.78, 5) is 16.5. The molecule has 0 aliphatic carbocycles. The molecular formula is C26H32N2O3. The Kier molecular flexibility index (Phi) is 6.37. The van der Waals surface area contributed by atoms with Gasteiger partial charge in [0.25, 0.3) is 0 Å². The predicted octanol–water partition coefficient (Wildman–Crippen LogP) is 5.76. The summed E-state index contributed by atoms with van der Waals surface area (Å²) >= 11 is 0. The molecule has 164 valence electrons. The first-order valence-electron chi connectivity index (χ1n) is 10.6. The van der Waals surface area contributed by atoms with Gasteiger partial charge in [-0.05, 0) is 68.3 Å². The Morgan fingerprint density at radius 2 is 1.74 bits per heavy atom. The number of aliphatic hydroxyl groups is 1. The predicted molar refractivity (Wildman–Crippen MR) is 125 cm³/mol. The van der Waals surface area contributed by atoms with Gasteiger partial charge >= 0.3 is 6.09 Å². The van der Waals surface area contributed by atoms with E-state index in [0.29, 0.717) is 0 Å². The van der Waals surface area contributed by atoms with Gasteiger partial charge in [-0.15, -0.1) is 0 Å². The lowest BCUT2D eigenvalue weighted by Gasteiger charge is -2.29. The van der Waals surface area contributed by atoms with Gasteiger partial charge in [-0.25, -0.2) is 4.79 Å². The van der Waals surface area contributed by atoms with Crippen molar-refractivity contribution in [3.63, 3.8) is 0 Å². The summed E-state index contributed by atoms with van der Waals surface area (Å²) in [6, 6.07) is 14.3. The number of aromatic nitrogens is 1. The Bertz CT molecular complexity index is 1070. The zero-order valence-electron chi connectivity index (χ0n) is 19.2. The summed E-state index contributed by atoms with van der Waals surface area (Å²) in [6.07, 6.45) is 3.19. The number of nitrogens with one attached hydrogen (secondary N) is 1. The average molecular weight is 421 g/mol. The minimum absolute atomic E-state index is 0.00828. The van der Waals surface area contributed by atoms with Crippen LogP contribution in [0, 0.1) is 0 Å². The quantitative estimate of drug-likeness (QED) is 0.551. The van der Waals surface area contributed by atoms with Gasteiger partial charge in [-0.1, -0.05) is 43.3 Å². The third-order valence-corrected chi connectivity index (χ3v) is 5.36. The lowest BCUT2D eigenvalue weighted by Crippen LogP contribution is -2.43. The fourth-order valence-corrected chi connectivity index (χ4v) is 3.76. The standard InChI is InChI=1S/C26H32N2O3/c1-17(16-29)23-21(12-9-19-15-27-14-13-22(19)23)18-7-10-20(11-8-18)26(5,6)28-24(30)31-25(2,3)4/h7-15,17,29H,16H2,1-6H3,(H,28,30). The van der Waals surface area contributed by atoms with Crippen molar-refractivity contribution in [2.45, 2.75) is 58.6 Å². The number of amides is 1. The molecular weight excluding hydrogens is 388 g/mol. The molecule has 0 bridgehead atoms. The highest BCUT2D eigenvalue weighted by Crippen LogP contribution is 2.36. The maximum absolute atomic E-state index is 12.3. The van der Waals surface area contributed by atoms with Crippen LogP contribution in [-0.2, 0) is 10.3 Å². The van der Waals surface area contributed by atoms with Crippen molar-refractivity contribution in [2.75, 3.05) is 6.61 Å². The zero-order valence-corrected chi connectivity index (χ0v) is 19.2. The third kappa shape index (κ3) is 5.23. The van der Waals surface area contributed by atoms with Gasteiger partial charge in [0.2, 0.25) is 0 Å². The first kappa shape index (κ1) is 22.8. The molecule has 1 heterocycles. The number of hydrogen-bond donors (Lipinski definition) is 2. The number of ether oxygens (including phenoxy) is 1. The maximum atomic E-state index is 12.3. The Morgan fingerprint density at radius 1 is 1.06 bits per heavy atom. The number of benzene rings is 2. The number of rotatable bonds is 5. The Morgan fingerprint density at radius 3 is 2.35 bits per heavy atom. The SMILES string of the molecule is CC(CO)c1c(-c2ccc(C(C)(C)NC(=O)OC(C)(C)C)cc2)ccc2cnccc12. The number of aliphatic hydroxyl groups excluding tert-OH is 1. The van der Waals surface area contributed by atoms with Crippen molar-refractivity contribution in [1.82, 2.24) is 10.3 Å². The largest absolute Gasteiger partial charge is 0.444 e. The molecule has 5 nitrogen and oxygen atoms in total. The molecule has 1 unspecified atom stereocenters. The van der Waals surface area contributed by atoms with E-state index in [4.69, 9.17) is 4.74 Å². The molecule has 0 aliphatic heterocycles. The highest BCUT2D eigenvalue weighted by Gasteiger charge is 2.26. The van der Waals surface area contributed by atoms with Gasteiger partial charge in [0.05, 0.1) is 5.54 Å².